The maximum atomic E-state index is 12.1. The maximum absolute atomic E-state index is 12.1. The van der Waals surface area contributed by atoms with E-state index >= 15 is 0 Å². The fourth-order valence-corrected chi connectivity index (χ4v) is 6.35. The van der Waals surface area contributed by atoms with Gasteiger partial charge in [-0.25, -0.2) is 0 Å². The lowest BCUT2D eigenvalue weighted by molar-refractivity contribution is -0.153. The predicted octanol–water partition coefficient (Wildman–Crippen LogP) is 1.00. The molecule has 0 spiro atoms. The van der Waals surface area contributed by atoms with E-state index in [-0.39, 0.29) is 29.5 Å². The first kappa shape index (κ1) is 16.4. The first-order chi connectivity index (χ1) is 11.5. The van der Waals surface area contributed by atoms with E-state index in [0.717, 1.165) is 25.7 Å². The Hall–Kier alpha value is -1.04. The SMILES string of the molecule is O=C1C=C2CC[C@H]3[C@@H]4CC[C@](O)(C(=O)CO)[C@H]4C[C@H](O)[C@@H]3[C@H]2CC1. The van der Waals surface area contributed by atoms with Crippen molar-refractivity contribution in [2.45, 2.75) is 56.7 Å². The lowest BCUT2D eigenvalue weighted by atomic mass is 9.54. The molecule has 0 aromatic rings. The molecule has 3 N–H and O–H groups in total. The van der Waals surface area contributed by atoms with Gasteiger partial charge in [0.15, 0.2) is 11.6 Å². The molecule has 0 bridgehead atoms. The molecular formula is C19H26O5. The Morgan fingerprint density at radius 2 is 2.00 bits per heavy atom. The van der Waals surface area contributed by atoms with E-state index in [9.17, 15) is 24.9 Å². The number of rotatable bonds is 2. The molecule has 132 valence electrons. The third-order valence-electron chi connectivity index (χ3n) is 7.35. The molecule has 3 fully saturated rings. The van der Waals surface area contributed by atoms with Crippen LogP contribution in [0.25, 0.3) is 0 Å². The highest BCUT2D eigenvalue weighted by atomic mass is 16.3. The minimum absolute atomic E-state index is 0.144. The van der Waals surface area contributed by atoms with Crippen LogP contribution in [0.1, 0.15) is 44.9 Å². The third kappa shape index (κ3) is 2.25. The summed E-state index contributed by atoms with van der Waals surface area (Å²) in [4.78, 5) is 23.8. The van der Waals surface area contributed by atoms with E-state index in [0.29, 0.717) is 25.2 Å². The molecular weight excluding hydrogens is 308 g/mol. The molecule has 3 saturated carbocycles. The molecule has 4 rings (SSSR count). The first-order valence-corrected chi connectivity index (χ1v) is 9.23. The Labute approximate surface area is 141 Å². The Bertz CT molecular complexity index is 597. The summed E-state index contributed by atoms with van der Waals surface area (Å²) in [6.45, 7) is -0.637. The summed E-state index contributed by atoms with van der Waals surface area (Å²) >= 11 is 0. The van der Waals surface area contributed by atoms with Gasteiger partial charge in [-0.3, -0.25) is 9.59 Å². The van der Waals surface area contributed by atoms with Crippen molar-refractivity contribution in [2.75, 3.05) is 6.61 Å². The molecule has 24 heavy (non-hydrogen) atoms. The number of fused-ring (bicyclic) bond motifs is 5. The number of carbonyl (C=O) groups excluding carboxylic acids is 2. The fraction of sp³-hybridized carbons (Fsp3) is 0.789. The van der Waals surface area contributed by atoms with Crippen LogP contribution in [-0.2, 0) is 9.59 Å². The van der Waals surface area contributed by atoms with Crippen LogP contribution in [0.4, 0.5) is 0 Å². The van der Waals surface area contributed by atoms with Gasteiger partial charge in [-0.05, 0) is 68.3 Å². The van der Waals surface area contributed by atoms with Gasteiger partial charge in [0.25, 0.3) is 0 Å². The van der Waals surface area contributed by atoms with Crippen LogP contribution in [0.5, 0.6) is 0 Å². The van der Waals surface area contributed by atoms with E-state index in [1.807, 2.05) is 0 Å². The second-order valence-corrected chi connectivity index (χ2v) is 8.23. The van der Waals surface area contributed by atoms with E-state index in [1.54, 1.807) is 6.08 Å². The summed E-state index contributed by atoms with van der Waals surface area (Å²) in [6.07, 6.45) is 6.03. The second-order valence-electron chi connectivity index (χ2n) is 8.23. The molecule has 7 atom stereocenters. The van der Waals surface area contributed by atoms with Crippen molar-refractivity contribution in [3.8, 4) is 0 Å². The summed E-state index contributed by atoms with van der Waals surface area (Å²) in [6, 6.07) is 0. The van der Waals surface area contributed by atoms with Crippen LogP contribution in [0.15, 0.2) is 11.6 Å². The van der Waals surface area contributed by atoms with Gasteiger partial charge >= 0.3 is 0 Å². The van der Waals surface area contributed by atoms with Crippen LogP contribution in [0.3, 0.4) is 0 Å². The standard InChI is InChI=1S/C19H26O5/c20-9-17(23)19(24)6-5-13-14-3-1-10-7-11(21)2-4-12(10)18(14)16(22)8-15(13)19/h7,12-16,18,20,22,24H,1-6,8-9H2/t12-,13-,14-,15-,16-,18+,19+/m0/s1. The van der Waals surface area contributed by atoms with Gasteiger partial charge in [-0.2, -0.15) is 0 Å². The predicted molar refractivity (Wildman–Crippen MR) is 85.9 cm³/mol. The number of hydrogen-bond donors (Lipinski definition) is 3. The van der Waals surface area contributed by atoms with E-state index in [4.69, 9.17) is 0 Å². The number of ketones is 2. The third-order valence-corrected chi connectivity index (χ3v) is 7.35. The zero-order chi connectivity index (χ0) is 17.1. The molecule has 0 amide bonds. The van der Waals surface area contributed by atoms with Gasteiger partial charge in [-0.1, -0.05) is 5.57 Å². The number of Topliss-reactive ketones (excluding diaryl/α,β-unsaturated/α-hetero) is 1. The minimum Gasteiger partial charge on any atom is -0.393 e. The fourth-order valence-electron chi connectivity index (χ4n) is 6.35. The molecule has 0 radical (unpaired) electrons. The molecule has 0 heterocycles. The van der Waals surface area contributed by atoms with Crippen LogP contribution in [0, 0.1) is 29.6 Å². The topological polar surface area (TPSA) is 94.8 Å². The van der Waals surface area contributed by atoms with Crippen molar-refractivity contribution >= 4 is 11.6 Å². The Balaban J connectivity index is 1.63. The second kappa shape index (κ2) is 5.75. The lowest BCUT2D eigenvalue weighted by Gasteiger charge is -2.52. The van der Waals surface area contributed by atoms with Gasteiger partial charge in [0.1, 0.15) is 12.2 Å². The van der Waals surface area contributed by atoms with E-state index < -0.39 is 24.1 Å². The van der Waals surface area contributed by atoms with E-state index in [2.05, 4.69) is 0 Å². The van der Waals surface area contributed by atoms with Gasteiger partial charge in [0.05, 0.1) is 6.10 Å². The summed E-state index contributed by atoms with van der Waals surface area (Å²) in [5.41, 5.74) is -0.269. The van der Waals surface area contributed by atoms with Crippen molar-refractivity contribution in [2.24, 2.45) is 29.6 Å². The van der Waals surface area contributed by atoms with Crippen LogP contribution in [-0.4, -0.2) is 45.2 Å². The van der Waals surface area contributed by atoms with Crippen LogP contribution >= 0.6 is 0 Å². The largest absolute Gasteiger partial charge is 0.393 e. The summed E-state index contributed by atoms with van der Waals surface area (Å²) < 4.78 is 0. The smallest absolute Gasteiger partial charge is 0.189 e. The quantitative estimate of drug-likeness (QED) is 0.700. The summed E-state index contributed by atoms with van der Waals surface area (Å²) in [5.74, 6) is 0.411. The Morgan fingerprint density at radius 1 is 1.21 bits per heavy atom. The maximum Gasteiger partial charge on any atom is 0.189 e. The molecule has 5 nitrogen and oxygen atoms in total. The zero-order valence-corrected chi connectivity index (χ0v) is 13.9. The molecule has 0 aromatic heterocycles. The number of aliphatic hydroxyl groups is 3. The molecule has 0 aliphatic heterocycles. The Morgan fingerprint density at radius 3 is 2.75 bits per heavy atom. The van der Waals surface area contributed by atoms with Gasteiger partial charge < -0.3 is 15.3 Å². The lowest BCUT2D eigenvalue weighted by Crippen LogP contribution is -2.54. The van der Waals surface area contributed by atoms with Gasteiger partial charge in [-0.15, -0.1) is 0 Å². The van der Waals surface area contributed by atoms with Crippen LogP contribution < -0.4 is 0 Å². The molecule has 0 unspecified atom stereocenters. The molecule has 4 aliphatic carbocycles. The number of carbonyl (C=O) groups is 2. The average molecular weight is 334 g/mol. The van der Waals surface area contributed by atoms with Crippen molar-refractivity contribution < 1.29 is 24.9 Å². The molecule has 4 aliphatic rings. The Kier molecular flexibility index (Phi) is 3.94. The number of hydrogen-bond acceptors (Lipinski definition) is 5. The van der Waals surface area contributed by atoms with Crippen molar-refractivity contribution in [3.05, 3.63) is 11.6 Å². The number of aliphatic hydroxyl groups excluding tert-OH is 2. The molecule has 0 saturated heterocycles. The van der Waals surface area contributed by atoms with E-state index in [1.165, 1.54) is 5.57 Å². The minimum atomic E-state index is -1.47. The highest BCUT2D eigenvalue weighted by Gasteiger charge is 2.60. The highest BCUT2D eigenvalue weighted by Crippen LogP contribution is 2.59. The molecule has 5 heteroatoms. The highest BCUT2D eigenvalue weighted by molar-refractivity contribution is 5.91. The average Bonchev–Trinajstić information content (AvgIpc) is 2.91. The zero-order valence-electron chi connectivity index (χ0n) is 13.9. The van der Waals surface area contributed by atoms with Gasteiger partial charge in [0.2, 0.25) is 0 Å². The van der Waals surface area contributed by atoms with Crippen LogP contribution in [0.2, 0.25) is 0 Å². The van der Waals surface area contributed by atoms with Crippen molar-refractivity contribution in [3.63, 3.8) is 0 Å². The van der Waals surface area contributed by atoms with Crippen molar-refractivity contribution in [1.29, 1.82) is 0 Å². The monoisotopic (exact) mass is 334 g/mol. The summed E-state index contributed by atoms with van der Waals surface area (Å²) in [7, 11) is 0. The summed E-state index contributed by atoms with van der Waals surface area (Å²) in [5, 5.41) is 30.9. The van der Waals surface area contributed by atoms with Crippen molar-refractivity contribution in [1.82, 2.24) is 0 Å². The molecule has 0 aromatic carbocycles. The number of allylic oxidation sites excluding steroid dienone is 1. The first-order valence-electron chi connectivity index (χ1n) is 9.23. The van der Waals surface area contributed by atoms with Gasteiger partial charge in [0, 0.05) is 12.3 Å². The normalized spacial score (nSPS) is 47.5.